The maximum atomic E-state index is 13.0. The van der Waals surface area contributed by atoms with Crippen LogP contribution in [-0.4, -0.2) is 62.5 Å². The first-order valence-electron chi connectivity index (χ1n) is 9.39. The lowest BCUT2D eigenvalue weighted by molar-refractivity contribution is -0.129. The molecular formula is C19H28N2O6S. The van der Waals surface area contributed by atoms with Gasteiger partial charge in [-0.3, -0.25) is 4.79 Å². The SMILES string of the molecule is CCCNC(=O)C(C)OC(=O)c1cccc(S(=O)(=O)N2CC(C)OC(C)C2)c1. The van der Waals surface area contributed by atoms with Crippen molar-refractivity contribution in [2.75, 3.05) is 19.6 Å². The molecule has 0 radical (unpaired) electrons. The average molecular weight is 413 g/mol. The van der Waals surface area contributed by atoms with Crippen molar-refractivity contribution in [1.29, 1.82) is 0 Å². The highest BCUT2D eigenvalue weighted by molar-refractivity contribution is 7.89. The lowest BCUT2D eigenvalue weighted by Gasteiger charge is -2.34. The van der Waals surface area contributed by atoms with E-state index in [0.29, 0.717) is 6.54 Å². The molecule has 9 heteroatoms. The van der Waals surface area contributed by atoms with E-state index in [1.807, 2.05) is 20.8 Å². The monoisotopic (exact) mass is 412 g/mol. The summed E-state index contributed by atoms with van der Waals surface area (Å²) < 4.78 is 38.0. The Kier molecular flexibility index (Phi) is 7.56. The molecule has 1 aliphatic rings. The van der Waals surface area contributed by atoms with Gasteiger partial charge in [-0.15, -0.1) is 0 Å². The second kappa shape index (κ2) is 9.49. The number of rotatable bonds is 7. The molecule has 0 aromatic heterocycles. The molecule has 1 aromatic carbocycles. The van der Waals surface area contributed by atoms with Gasteiger partial charge in [0.15, 0.2) is 6.10 Å². The minimum Gasteiger partial charge on any atom is -0.449 e. The standard InChI is InChI=1S/C19H28N2O6S/c1-5-9-20-18(22)15(4)27-19(23)16-7-6-8-17(10-16)28(24,25)21-11-13(2)26-14(3)12-21/h6-8,10,13-15H,5,9,11-12H2,1-4H3,(H,20,22). The van der Waals surface area contributed by atoms with Gasteiger partial charge in [-0.05, 0) is 45.4 Å². The van der Waals surface area contributed by atoms with Gasteiger partial charge in [0, 0.05) is 19.6 Å². The number of carbonyl (C=O) groups is 2. The van der Waals surface area contributed by atoms with Crippen LogP contribution in [0.3, 0.4) is 0 Å². The molecule has 1 aromatic rings. The van der Waals surface area contributed by atoms with Crippen LogP contribution in [-0.2, 0) is 24.3 Å². The number of hydrogen-bond acceptors (Lipinski definition) is 6. The Morgan fingerprint density at radius 1 is 1.29 bits per heavy atom. The van der Waals surface area contributed by atoms with Crippen LogP contribution in [0, 0.1) is 0 Å². The Balaban J connectivity index is 2.14. The number of morpholine rings is 1. The van der Waals surface area contributed by atoms with Crippen molar-refractivity contribution in [2.45, 2.75) is 57.3 Å². The Bertz CT molecular complexity index is 800. The lowest BCUT2D eigenvalue weighted by atomic mass is 10.2. The zero-order valence-corrected chi connectivity index (χ0v) is 17.5. The fourth-order valence-electron chi connectivity index (χ4n) is 2.93. The maximum Gasteiger partial charge on any atom is 0.338 e. The van der Waals surface area contributed by atoms with Gasteiger partial charge in [-0.1, -0.05) is 13.0 Å². The van der Waals surface area contributed by atoms with E-state index in [0.717, 1.165) is 6.42 Å². The number of nitrogens with zero attached hydrogens (tertiary/aromatic N) is 1. The predicted octanol–water partition coefficient (Wildman–Crippen LogP) is 1.56. The van der Waals surface area contributed by atoms with Gasteiger partial charge >= 0.3 is 5.97 Å². The molecule has 3 atom stereocenters. The summed E-state index contributed by atoms with van der Waals surface area (Å²) in [6, 6.07) is 5.66. The molecule has 3 unspecified atom stereocenters. The molecule has 156 valence electrons. The first kappa shape index (κ1) is 22.3. The third-order valence-electron chi connectivity index (χ3n) is 4.30. The van der Waals surface area contributed by atoms with Crippen molar-refractivity contribution < 1.29 is 27.5 Å². The van der Waals surface area contributed by atoms with Crippen LogP contribution < -0.4 is 5.32 Å². The molecular weight excluding hydrogens is 384 g/mol. The van der Waals surface area contributed by atoms with Gasteiger partial charge in [-0.25, -0.2) is 13.2 Å². The second-order valence-electron chi connectivity index (χ2n) is 6.95. The molecule has 1 fully saturated rings. The number of hydrogen-bond donors (Lipinski definition) is 1. The highest BCUT2D eigenvalue weighted by Gasteiger charge is 2.32. The molecule has 1 saturated heterocycles. The van der Waals surface area contributed by atoms with Crippen LogP contribution in [0.25, 0.3) is 0 Å². The van der Waals surface area contributed by atoms with E-state index in [1.54, 1.807) is 0 Å². The van der Waals surface area contributed by atoms with E-state index >= 15 is 0 Å². The van der Waals surface area contributed by atoms with Crippen LogP contribution >= 0.6 is 0 Å². The zero-order valence-electron chi connectivity index (χ0n) is 16.7. The van der Waals surface area contributed by atoms with Crippen molar-refractivity contribution in [1.82, 2.24) is 9.62 Å². The van der Waals surface area contributed by atoms with E-state index < -0.39 is 28.0 Å². The molecule has 28 heavy (non-hydrogen) atoms. The van der Waals surface area contributed by atoms with Crippen LogP contribution in [0.15, 0.2) is 29.2 Å². The minimum atomic E-state index is -3.77. The van der Waals surface area contributed by atoms with Crippen molar-refractivity contribution in [3.8, 4) is 0 Å². The van der Waals surface area contributed by atoms with Crippen molar-refractivity contribution >= 4 is 21.9 Å². The van der Waals surface area contributed by atoms with Gasteiger partial charge in [-0.2, -0.15) is 4.31 Å². The summed E-state index contributed by atoms with van der Waals surface area (Å²) in [7, 11) is -3.77. The Morgan fingerprint density at radius 3 is 2.54 bits per heavy atom. The number of benzene rings is 1. The molecule has 1 amide bonds. The highest BCUT2D eigenvalue weighted by atomic mass is 32.2. The van der Waals surface area contributed by atoms with Gasteiger partial charge in [0.05, 0.1) is 22.7 Å². The summed E-state index contributed by atoms with van der Waals surface area (Å²) >= 11 is 0. The quantitative estimate of drug-likeness (QED) is 0.682. The second-order valence-corrected chi connectivity index (χ2v) is 8.88. The first-order chi connectivity index (χ1) is 13.1. The average Bonchev–Trinajstić information content (AvgIpc) is 2.65. The number of ether oxygens (including phenoxy) is 2. The van der Waals surface area contributed by atoms with Gasteiger partial charge in [0.2, 0.25) is 10.0 Å². The maximum absolute atomic E-state index is 13.0. The topological polar surface area (TPSA) is 102 Å². The van der Waals surface area contributed by atoms with Crippen molar-refractivity contribution in [2.24, 2.45) is 0 Å². The molecule has 0 aliphatic carbocycles. The lowest BCUT2D eigenvalue weighted by Crippen LogP contribution is -2.48. The van der Waals surface area contributed by atoms with E-state index in [1.165, 1.54) is 35.5 Å². The molecule has 0 bridgehead atoms. The summed E-state index contributed by atoms with van der Waals surface area (Å²) in [4.78, 5) is 24.2. The van der Waals surface area contributed by atoms with Gasteiger partial charge in [0.25, 0.3) is 5.91 Å². The van der Waals surface area contributed by atoms with Crippen LogP contribution in [0.2, 0.25) is 0 Å². The smallest absolute Gasteiger partial charge is 0.338 e. The Morgan fingerprint density at radius 2 is 1.93 bits per heavy atom. The Labute approximate surface area is 166 Å². The third-order valence-corrected chi connectivity index (χ3v) is 6.12. The Hall–Kier alpha value is -1.97. The molecule has 1 N–H and O–H groups in total. The normalized spacial score (nSPS) is 21.7. The molecule has 1 heterocycles. The summed E-state index contributed by atoms with van der Waals surface area (Å²) in [5.74, 6) is -1.14. The first-order valence-corrected chi connectivity index (χ1v) is 10.8. The number of amides is 1. The van der Waals surface area contributed by atoms with Gasteiger partial charge in [0.1, 0.15) is 0 Å². The summed E-state index contributed by atoms with van der Waals surface area (Å²) in [5, 5.41) is 2.65. The van der Waals surface area contributed by atoms with Gasteiger partial charge < -0.3 is 14.8 Å². The summed E-state index contributed by atoms with van der Waals surface area (Å²) in [6.45, 7) is 8.00. The third kappa shape index (κ3) is 5.52. The predicted molar refractivity (Wildman–Crippen MR) is 103 cm³/mol. The molecule has 8 nitrogen and oxygen atoms in total. The van der Waals surface area contributed by atoms with Crippen molar-refractivity contribution in [3.05, 3.63) is 29.8 Å². The van der Waals surface area contributed by atoms with Crippen LogP contribution in [0.5, 0.6) is 0 Å². The number of carbonyl (C=O) groups excluding carboxylic acids is 2. The van der Waals surface area contributed by atoms with E-state index in [4.69, 9.17) is 9.47 Å². The van der Waals surface area contributed by atoms with Crippen LogP contribution in [0.1, 0.15) is 44.5 Å². The largest absolute Gasteiger partial charge is 0.449 e. The number of sulfonamides is 1. The highest BCUT2D eigenvalue weighted by Crippen LogP contribution is 2.22. The fourth-order valence-corrected chi connectivity index (χ4v) is 4.57. The zero-order chi connectivity index (χ0) is 20.9. The van der Waals surface area contributed by atoms with Crippen LogP contribution in [0.4, 0.5) is 0 Å². The minimum absolute atomic E-state index is 0.00587. The van der Waals surface area contributed by atoms with E-state index in [9.17, 15) is 18.0 Å². The molecule has 1 aliphatic heterocycles. The number of nitrogens with one attached hydrogen (secondary N) is 1. The van der Waals surface area contributed by atoms with Crippen molar-refractivity contribution in [3.63, 3.8) is 0 Å². The van der Waals surface area contributed by atoms with E-state index in [2.05, 4.69) is 5.32 Å². The van der Waals surface area contributed by atoms with E-state index in [-0.39, 0.29) is 35.8 Å². The molecule has 0 saturated carbocycles. The number of esters is 1. The summed E-state index contributed by atoms with van der Waals surface area (Å²) in [5.41, 5.74) is 0.0746. The molecule has 2 rings (SSSR count). The fraction of sp³-hybridized carbons (Fsp3) is 0.579. The molecule has 0 spiro atoms. The summed E-state index contributed by atoms with van der Waals surface area (Å²) in [6.07, 6.45) is -0.631.